The first-order chi connectivity index (χ1) is 11.1. The first-order valence-corrected chi connectivity index (χ1v) is 8.50. The molecule has 0 aromatic heterocycles. The summed E-state index contributed by atoms with van der Waals surface area (Å²) in [4.78, 5) is 24.0. The number of carbonyl (C=O) groups excluding carboxylic acids is 2. The van der Waals surface area contributed by atoms with Crippen LogP contribution in [0.2, 0.25) is 0 Å². The fourth-order valence-corrected chi connectivity index (χ4v) is 4.36. The minimum atomic E-state index is -0.485. The molecule has 4 atom stereocenters. The Bertz CT molecular complexity index is 658. The number of rotatable bonds is 3. The van der Waals surface area contributed by atoms with Crippen molar-refractivity contribution in [3.63, 3.8) is 0 Å². The molecule has 0 saturated heterocycles. The third-order valence-corrected chi connectivity index (χ3v) is 5.53. The van der Waals surface area contributed by atoms with E-state index in [1.54, 1.807) is 19.1 Å². The van der Waals surface area contributed by atoms with Crippen LogP contribution in [-0.4, -0.2) is 17.9 Å². The highest BCUT2D eigenvalue weighted by Gasteiger charge is 2.40. The molecule has 1 aromatic carbocycles. The van der Waals surface area contributed by atoms with E-state index in [1.165, 1.54) is 25.7 Å². The number of hydrogen-bond acceptors (Lipinski definition) is 3. The van der Waals surface area contributed by atoms with E-state index < -0.39 is 6.10 Å². The maximum atomic E-state index is 12.3. The van der Waals surface area contributed by atoms with Crippen LogP contribution in [0.1, 0.15) is 39.0 Å². The second kappa shape index (κ2) is 5.55. The van der Waals surface area contributed by atoms with Gasteiger partial charge in [-0.05, 0) is 62.1 Å². The van der Waals surface area contributed by atoms with Gasteiger partial charge in [-0.25, -0.2) is 0 Å². The molecule has 23 heavy (non-hydrogen) atoms. The smallest absolute Gasteiger partial charge is 0.265 e. The summed E-state index contributed by atoms with van der Waals surface area (Å²) in [6, 6.07) is 5.37. The Morgan fingerprint density at radius 3 is 2.96 bits per heavy atom. The number of amides is 2. The van der Waals surface area contributed by atoms with Crippen LogP contribution in [0.4, 0.5) is 11.4 Å². The number of ether oxygens (including phenoxy) is 1. The summed E-state index contributed by atoms with van der Waals surface area (Å²) in [5.74, 6) is 2.71. The highest BCUT2D eigenvalue weighted by atomic mass is 16.5. The molecule has 1 heterocycles. The van der Waals surface area contributed by atoms with Crippen LogP contribution >= 0.6 is 0 Å². The van der Waals surface area contributed by atoms with Crippen LogP contribution < -0.4 is 15.4 Å². The molecule has 2 saturated carbocycles. The first-order valence-electron chi connectivity index (χ1n) is 8.50. The largest absolute Gasteiger partial charge is 0.479 e. The summed E-state index contributed by atoms with van der Waals surface area (Å²) in [5.41, 5.74) is 1.32. The van der Waals surface area contributed by atoms with Crippen molar-refractivity contribution in [2.24, 2.45) is 17.8 Å². The van der Waals surface area contributed by atoms with E-state index in [2.05, 4.69) is 10.6 Å². The zero-order valence-corrected chi connectivity index (χ0v) is 13.3. The third kappa shape index (κ3) is 2.80. The Morgan fingerprint density at radius 1 is 1.35 bits per heavy atom. The highest BCUT2D eigenvalue weighted by molar-refractivity contribution is 5.99. The number of fused-ring (bicyclic) bond motifs is 3. The number of anilines is 2. The monoisotopic (exact) mass is 314 g/mol. The van der Waals surface area contributed by atoms with E-state index in [0.29, 0.717) is 29.5 Å². The molecule has 1 aliphatic heterocycles. The van der Waals surface area contributed by atoms with Gasteiger partial charge in [-0.15, -0.1) is 0 Å². The summed E-state index contributed by atoms with van der Waals surface area (Å²) in [7, 11) is 0. The summed E-state index contributed by atoms with van der Waals surface area (Å²) < 4.78 is 5.52. The highest BCUT2D eigenvalue weighted by Crippen LogP contribution is 2.49. The topological polar surface area (TPSA) is 67.4 Å². The minimum absolute atomic E-state index is 0.0684. The molecule has 4 rings (SSSR count). The molecule has 5 heteroatoms. The van der Waals surface area contributed by atoms with Crippen LogP contribution in [0.5, 0.6) is 5.75 Å². The molecule has 2 fully saturated rings. The number of benzene rings is 1. The standard InChI is InChI=1S/C18H22N2O3/c1-10-18(22)20-15-9-14(4-5-16(15)23-10)19-17(21)8-13-7-11-2-3-12(13)6-11/h4-5,9-13H,2-3,6-8H2,1H3,(H,19,21)(H,20,22). The van der Waals surface area contributed by atoms with Gasteiger partial charge in [0.25, 0.3) is 5.91 Å². The van der Waals surface area contributed by atoms with Gasteiger partial charge >= 0.3 is 0 Å². The predicted molar refractivity (Wildman–Crippen MR) is 87.3 cm³/mol. The van der Waals surface area contributed by atoms with E-state index in [4.69, 9.17) is 4.74 Å². The second-order valence-corrected chi connectivity index (χ2v) is 7.15. The van der Waals surface area contributed by atoms with E-state index >= 15 is 0 Å². The molecule has 5 nitrogen and oxygen atoms in total. The van der Waals surface area contributed by atoms with Crippen LogP contribution in [0.15, 0.2) is 18.2 Å². The Morgan fingerprint density at radius 2 is 2.22 bits per heavy atom. The van der Waals surface area contributed by atoms with E-state index in [-0.39, 0.29) is 11.8 Å². The van der Waals surface area contributed by atoms with Gasteiger partial charge in [0.2, 0.25) is 5.91 Å². The fourth-order valence-electron chi connectivity index (χ4n) is 4.36. The van der Waals surface area contributed by atoms with Gasteiger partial charge in [-0.3, -0.25) is 9.59 Å². The van der Waals surface area contributed by atoms with Crippen LogP contribution in [0.3, 0.4) is 0 Å². The zero-order valence-electron chi connectivity index (χ0n) is 13.3. The van der Waals surface area contributed by atoms with Gasteiger partial charge in [0.15, 0.2) is 6.10 Å². The van der Waals surface area contributed by atoms with Crippen molar-refractivity contribution in [1.82, 2.24) is 0 Å². The predicted octanol–water partition coefficient (Wildman–Crippen LogP) is 3.17. The average molecular weight is 314 g/mol. The lowest BCUT2D eigenvalue weighted by Crippen LogP contribution is -2.34. The van der Waals surface area contributed by atoms with Gasteiger partial charge in [-0.2, -0.15) is 0 Å². The lowest BCUT2D eigenvalue weighted by Gasteiger charge is -2.24. The zero-order chi connectivity index (χ0) is 16.0. The maximum Gasteiger partial charge on any atom is 0.265 e. The molecule has 4 unspecified atom stereocenters. The molecule has 1 aromatic rings. The van der Waals surface area contributed by atoms with E-state index in [0.717, 1.165) is 11.8 Å². The fraction of sp³-hybridized carbons (Fsp3) is 0.556. The van der Waals surface area contributed by atoms with E-state index in [1.807, 2.05) is 6.07 Å². The SMILES string of the molecule is CC1Oc2ccc(NC(=O)CC3CC4CCC3C4)cc2NC1=O. The number of nitrogens with one attached hydrogen (secondary N) is 2. The molecular weight excluding hydrogens is 292 g/mol. The number of hydrogen-bond donors (Lipinski definition) is 2. The van der Waals surface area contributed by atoms with Gasteiger partial charge in [-0.1, -0.05) is 6.42 Å². The van der Waals surface area contributed by atoms with Crippen molar-refractivity contribution >= 4 is 23.2 Å². The van der Waals surface area contributed by atoms with Crippen LogP contribution in [-0.2, 0) is 9.59 Å². The van der Waals surface area contributed by atoms with Gasteiger partial charge in [0.05, 0.1) is 5.69 Å². The van der Waals surface area contributed by atoms with Crippen LogP contribution in [0.25, 0.3) is 0 Å². The van der Waals surface area contributed by atoms with E-state index in [9.17, 15) is 9.59 Å². The molecule has 2 bridgehead atoms. The average Bonchev–Trinajstić information content (AvgIpc) is 3.11. The third-order valence-electron chi connectivity index (χ3n) is 5.53. The van der Waals surface area contributed by atoms with Crippen molar-refractivity contribution in [1.29, 1.82) is 0 Å². The molecule has 0 radical (unpaired) electrons. The summed E-state index contributed by atoms with van der Waals surface area (Å²) >= 11 is 0. The number of carbonyl (C=O) groups is 2. The van der Waals surface area contributed by atoms with Gasteiger partial charge in [0.1, 0.15) is 5.75 Å². The molecular formula is C18H22N2O3. The minimum Gasteiger partial charge on any atom is -0.479 e. The summed E-state index contributed by atoms with van der Waals surface area (Å²) in [6.07, 6.45) is 5.30. The molecule has 2 amide bonds. The molecule has 122 valence electrons. The maximum absolute atomic E-state index is 12.3. The first kappa shape index (κ1) is 14.5. The Labute approximate surface area is 135 Å². The molecule has 2 N–H and O–H groups in total. The van der Waals surface area contributed by atoms with Crippen molar-refractivity contribution in [2.45, 2.75) is 45.1 Å². The van der Waals surface area contributed by atoms with Crippen molar-refractivity contribution in [3.8, 4) is 5.75 Å². The van der Waals surface area contributed by atoms with Gasteiger partial charge < -0.3 is 15.4 Å². The lowest BCUT2D eigenvalue weighted by molar-refractivity contribution is -0.122. The van der Waals surface area contributed by atoms with Crippen molar-refractivity contribution in [3.05, 3.63) is 18.2 Å². The quantitative estimate of drug-likeness (QED) is 0.900. The molecule has 3 aliphatic rings. The van der Waals surface area contributed by atoms with Crippen molar-refractivity contribution < 1.29 is 14.3 Å². The Balaban J connectivity index is 1.40. The van der Waals surface area contributed by atoms with Crippen molar-refractivity contribution in [2.75, 3.05) is 10.6 Å². The normalized spacial score (nSPS) is 31.3. The molecule has 0 spiro atoms. The lowest BCUT2D eigenvalue weighted by atomic mass is 9.86. The summed E-state index contributed by atoms with van der Waals surface area (Å²) in [5, 5.41) is 5.76. The molecule has 2 aliphatic carbocycles. The Hall–Kier alpha value is -2.04. The van der Waals surface area contributed by atoms with Crippen LogP contribution in [0, 0.1) is 17.8 Å². The Kier molecular flexibility index (Phi) is 3.51. The van der Waals surface area contributed by atoms with Gasteiger partial charge in [0, 0.05) is 12.1 Å². The second-order valence-electron chi connectivity index (χ2n) is 7.15. The summed E-state index contributed by atoms with van der Waals surface area (Å²) in [6.45, 7) is 1.71.